The van der Waals surface area contributed by atoms with Gasteiger partial charge in [0.1, 0.15) is 0 Å². The van der Waals surface area contributed by atoms with Crippen LogP contribution in [0.2, 0.25) is 0 Å². The van der Waals surface area contributed by atoms with E-state index >= 15 is 0 Å². The van der Waals surface area contributed by atoms with Crippen LogP contribution in [0, 0.1) is 0 Å². The molecule has 1 atom stereocenters. The van der Waals surface area contributed by atoms with Crippen LogP contribution in [-0.2, 0) is 20.6 Å². The fourth-order valence-electron chi connectivity index (χ4n) is 2.08. The number of nitrogens with zero attached hydrogens (tertiary/aromatic N) is 4. The van der Waals surface area contributed by atoms with E-state index in [-0.39, 0.29) is 23.7 Å². The van der Waals surface area contributed by atoms with E-state index < -0.39 is 6.10 Å². The Labute approximate surface area is 127 Å². The van der Waals surface area contributed by atoms with Gasteiger partial charge in [-0.05, 0) is 6.92 Å². The standard InChI is InChI=1S/C12H19N5O3.ClH/c1-8(18)6-13-4-5-17-7-14-10-9(17)11(19)16(3)12(20)15(10)2;/h7-8,13,18H,4-6H2,1-3H3;1H. The number of aliphatic hydroxyl groups excluding tert-OH is 1. The fourth-order valence-corrected chi connectivity index (χ4v) is 2.08. The molecule has 0 spiro atoms. The van der Waals surface area contributed by atoms with Crippen LogP contribution in [0.5, 0.6) is 0 Å². The van der Waals surface area contributed by atoms with Crippen LogP contribution in [0.1, 0.15) is 6.92 Å². The molecule has 0 radical (unpaired) electrons. The molecule has 0 fully saturated rings. The van der Waals surface area contributed by atoms with Gasteiger partial charge in [-0.25, -0.2) is 9.78 Å². The molecule has 0 aromatic carbocycles. The maximum Gasteiger partial charge on any atom is 0.332 e. The zero-order valence-corrected chi connectivity index (χ0v) is 13.1. The van der Waals surface area contributed by atoms with Crippen LogP contribution in [0.4, 0.5) is 0 Å². The smallest absolute Gasteiger partial charge is 0.332 e. The number of fused-ring (bicyclic) bond motifs is 1. The molecule has 1 unspecified atom stereocenters. The first-order valence-corrected chi connectivity index (χ1v) is 6.43. The van der Waals surface area contributed by atoms with Crippen molar-refractivity contribution < 1.29 is 5.11 Å². The highest BCUT2D eigenvalue weighted by molar-refractivity contribution is 5.85. The third kappa shape index (κ3) is 3.34. The van der Waals surface area contributed by atoms with Crippen LogP contribution in [0.25, 0.3) is 11.2 Å². The molecule has 118 valence electrons. The number of aromatic nitrogens is 4. The zero-order valence-electron chi connectivity index (χ0n) is 12.2. The average molecular weight is 318 g/mol. The van der Waals surface area contributed by atoms with Crippen molar-refractivity contribution in [3.63, 3.8) is 0 Å². The van der Waals surface area contributed by atoms with E-state index in [1.165, 1.54) is 11.6 Å². The molecule has 2 N–H and O–H groups in total. The molecule has 2 heterocycles. The second-order valence-electron chi connectivity index (χ2n) is 4.87. The molecule has 2 rings (SSSR count). The van der Waals surface area contributed by atoms with E-state index in [1.54, 1.807) is 24.9 Å². The SMILES string of the molecule is CC(O)CNCCn1cnc2c1c(=O)n(C)c(=O)n2C.Cl. The van der Waals surface area contributed by atoms with Gasteiger partial charge in [-0.3, -0.25) is 13.9 Å². The molecule has 8 nitrogen and oxygen atoms in total. The molecule has 0 aliphatic carbocycles. The maximum absolute atomic E-state index is 12.2. The lowest BCUT2D eigenvalue weighted by Gasteiger charge is -2.08. The summed E-state index contributed by atoms with van der Waals surface area (Å²) >= 11 is 0. The number of halogens is 1. The highest BCUT2D eigenvalue weighted by Crippen LogP contribution is 2.04. The number of nitrogens with one attached hydrogen (secondary N) is 1. The van der Waals surface area contributed by atoms with Gasteiger partial charge >= 0.3 is 5.69 Å². The van der Waals surface area contributed by atoms with Crippen LogP contribution in [0.3, 0.4) is 0 Å². The minimum Gasteiger partial charge on any atom is -0.392 e. The van der Waals surface area contributed by atoms with Gasteiger partial charge in [0.15, 0.2) is 11.2 Å². The minimum atomic E-state index is -0.414. The van der Waals surface area contributed by atoms with Gasteiger partial charge in [0, 0.05) is 33.7 Å². The summed E-state index contributed by atoms with van der Waals surface area (Å²) in [4.78, 5) is 28.1. The molecule has 2 aromatic heterocycles. The molecule has 2 aromatic rings. The Morgan fingerprint density at radius 1 is 1.33 bits per heavy atom. The van der Waals surface area contributed by atoms with Crippen molar-refractivity contribution in [3.05, 3.63) is 27.2 Å². The van der Waals surface area contributed by atoms with Gasteiger partial charge in [-0.2, -0.15) is 0 Å². The summed E-state index contributed by atoms with van der Waals surface area (Å²) in [6.07, 6.45) is 1.14. The monoisotopic (exact) mass is 317 g/mol. The minimum absolute atomic E-state index is 0. The quantitative estimate of drug-likeness (QED) is 0.678. The second kappa shape index (κ2) is 6.88. The Kier molecular flexibility index (Phi) is 5.70. The molecule has 0 saturated heterocycles. The molecule has 21 heavy (non-hydrogen) atoms. The van der Waals surface area contributed by atoms with Gasteiger partial charge in [0.05, 0.1) is 12.4 Å². The van der Waals surface area contributed by atoms with Gasteiger partial charge < -0.3 is 15.0 Å². The van der Waals surface area contributed by atoms with Crippen molar-refractivity contribution in [1.82, 2.24) is 24.0 Å². The largest absolute Gasteiger partial charge is 0.392 e. The zero-order chi connectivity index (χ0) is 14.9. The summed E-state index contributed by atoms with van der Waals surface area (Å²) in [5, 5.41) is 12.2. The van der Waals surface area contributed by atoms with Crippen molar-refractivity contribution in [2.24, 2.45) is 14.1 Å². The lowest BCUT2D eigenvalue weighted by molar-refractivity contribution is 0.191. The summed E-state index contributed by atoms with van der Waals surface area (Å²) < 4.78 is 4.15. The lowest BCUT2D eigenvalue weighted by Crippen LogP contribution is -2.37. The summed E-state index contributed by atoms with van der Waals surface area (Å²) in [7, 11) is 3.04. The van der Waals surface area contributed by atoms with Crippen LogP contribution < -0.4 is 16.6 Å². The summed E-state index contributed by atoms with van der Waals surface area (Å²) in [6, 6.07) is 0. The van der Waals surface area contributed by atoms with E-state index in [0.29, 0.717) is 30.8 Å². The topological polar surface area (TPSA) is 94.1 Å². The first-order valence-electron chi connectivity index (χ1n) is 6.43. The van der Waals surface area contributed by atoms with Gasteiger partial charge in [0.25, 0.3) is 5.56 Å². The van der Waals surface area contributed by atoms with Crippen LogP contribution in [-0.4, -0.2) is 43.0 Å². The fraction of sp³-hybridized carbons (Fsp3) is 0.583. The van der Waals surface area contributed by atoms with E-state index in [0.717, 1.165) is 4.57 Å². The Hall–Kier alpha value is -1.64. The number of aliphatic hydroxyl groups is 1. The third-order valence-corrected chi connectivity index (χ3v) is 3.19. The normalized spacial score (nSPS) is 12.4. The lowest BCUT2D eigenvalue weighted by atomic mass is 10.4. The van der Waals surface area contributed by atoms with Gasteiger partial charge in [-0.15, -0.1) is 12.4 Å². The van der Waals surface area contributed by atoms with Crippen molar-refractivity contribution >= 4 is 23.6 Å². The number of hydrogen-bond acceptors (Lipinski definition) is 5. The van der Waals surface area contributed by atoms with E-state index in [1.807, 2.05) is 0 Å². The van der Waals surface area contributed by atoms with Crippen molar-refractivity contribution in [3.8, 4) is 0 Å². The van der Waals surface area contributed by atoms with Crippen LogP contribution in [0.15, 0.2) is 15.9 Å². The molecule has 0 bridgehead atoms. The number of imidazole rings is 1. The highest BCUT2D eigenvalue weighted by atomic mass is 35.5. The highest BCUT2D eigenvalue weighted by Gasteiger charge is 2.13. The van der Waals surface area contributed by atoms with Crippen LogP contribution >= 0.6 is 12.4 Å². The Balaban J connectivity index is 0.00000220. The third-order valence-electron chi connectivity index (χ3n) is 3.19. The van der Waals surface area contributed by atoms with E-state index in [2.05, 4.69) is 10.3 Å². The summed E-state index contributed by atoms with van der Waals surface area (Å²) in [6.45, 7) is 3.33. The molecular weight excluding hydrogens is 298 g/mol. The Morgan fingerprint density at radius 3 is 2.62 bits per heavy atom. The van der Waals surface area contributed by atoms with Gasteiger partial charge in [-0.1, -0.05) is 0 Å². The number of rotatable bonds is 5. The van der Waals surface area contributed by atoms with Crippen molar-refractivity contribution in [2.45, 2.75) is 19.6 Å². The molecule has 0 aliphatic rings. The first kappa shape index (κ1) is 17.4. The average Bonchev–Trinajstić information content (AvgIpc) is 2.82. The van der Waals surface area contributed by atoms with E-state index in [9.17, 15) is 9.59 Å². The number of hydrogen-bond donors (Lipinski definition) is 2. The second-order valence-corrected chi connectivity index (χ2v) is 4.87. The molecule has 0 amide bonds. The molecule has 0 aliphatic heterocycles. The predicted octanol–water partition coefficient (Wildman–Crippen LogP) is -1.17. The summed E-state index contributed by atoms with van der Waals surface area (Å²) in [5.74, 6) is 0. The summed E-state index contributed by atoms with van der Waals surface area (Å²) in [5.41, 5.74) is 0.0539. The Bertz CT molecular complexity index is 731. The molecule has 9 heteroatoms. The molecule has 0 saturated carbocycles. The van der Waals surface area contributed by atoms with Gasteiger partial charge in [0.2, 0.25) is 0 Å². The Morgan fingerprint density at radius 2 is 2.00 bits per heavy atom. The number of aryl methyl sites for hydroxylation is 1. The maximum atomic E-state index is 12.2. The van der Waals surface area contributed by atoms with E-state index in [4.69, 9.17) is 5.11 Å². The van der Waals surface area contributed by atoms with Crippen molar-refractivity contribution in [2.75, 3.05) is 13.1 Å². The first-order chi connectivity index (χ1) is 9.43. The van der Waals surface area contributed by atoms with Crippen molar-refractivity contribution in [1.29, 1.82) is 0 Å². The molecular formula is C12H20ClN5O3. The predicted molar refractivity (Wildman–Crippen MR) is 82.0 cm³/mol.